The van der Waals surface area contributed by atoms with E-state index in [1.165, 1.54) is 35.2 Å². The maximum Gasteiger partial charge on any atom is 0.263 e. The summed E-state index contributed by atoms with van der Waals surface area (Å²) in [5.41, 5.74) is 2.70. The molecule has 0 fully saturated rings. The number of carbonyl (C=O) groups excluding carboxylic acids is 1. The van der Waals surface area contributed by atoms with Crippen LogP contribution in [0.5, 0.6) is 0 Å². The van der Waals surface area contributed by atoms with Crippen molar-refractivity contribution < 1.29 is 13.2 Å². The van der Waals surface area contributed by atoms with Crippen LogP contribution in [0.25, 0.3) is 0 Å². The molecule has 2 aromatic carbocycles. The lowest BCUT2D eigenvalue weighted by atomic mass is 9.96. The van der Waals surface area contributed by atoms with Gasteiger partial charge < -0.3 is 10.6 Å². The first kappa shape index (κ1) is 24.8. The fraction of sp³-hybridized carbons (Fsp3) is 0.261. The van der Waals surface area contributed by atoms with Crippen LogP contribution in [0.1, 0.15) is 37.8 Å². The van der Waals surface area contributed by atoms with E-state index < -0.39 is 10.0 Å². The normalized spacial score (nSPS) is 12.2. The van der Waals surface area contributed by atoms with Crippen LogP contribution in [0, 0.1) is 5.92 Å². The molecule has 0 radical (unpaired) electrons. The Morgan fingerprint density at radius 1 is 1.06 bits per heavy atom. The molecule has 1 unspecified atom stereocenters. The number of benzene rings is 2. The third-order valence-electron chi connectivity index (χ3n) is 4.83. The topological polar surface area (TPSA) is 100 Å². The summed E-state index contributed by atoms with van der Waals surface area (Å²) >= 11 is 6.45. The number of hydrogen-bond donors (Lipinski definition) is 3. The van der Waals surface area contributed by atoms with Crippen LogP contribution in [-0.4, -0.2) is 24.4 Å². The van der Waals surface area contributed by atoms with Crippen LogP contribution in [0.4, 0.5) is 10.8 Å². The van der Waals surface area contributed by atoms with Crippen molar-refractivity contribution in [1.29, 1.82) is 0 Å². The lowest BCUT2D eigenvalue weighted by molar-refractivity contribution is -0.120. The van der Waals surface area contributed by atoms with Gasteiger partial charge in [-0.2, -0.15) is 0 Å². The number of thiocarbonyl (C=S) groups is 1. The van der Waals surface area contributed by atoms with Crippen LogP contribution in [0.3, 0.4) is 0 Å². The summed E-state index contributed by atoms with van der Waals surface area (Å²) in [6, 6.07) is 14.1. The van der Waals surface area contributed by atoms with E-state index in [0.29, 0.717) is 16.7 Å². The molecule has 0 aliphatic carbocycles. The van der Waals surface area contributed by atoms with Gasteiger partial charge in [-0.15, -0.1) is 11.3 Å². The number of sulfonamides is 1. The Hall–Kier alpha value is -2.82. The Morgan fingerprint density at radius 2 is 1.73 bits per heavy atom. The van der Waals surface area contributed by atoms with Crippen molar-refractivity contribution in [3.63, 3.8) is 0 Å². The van der Waals surface area contributed by atoms with E-state index >= 15 is 0 Å². The Kier molecular flexibility index (Phi) is 8.17. The monoisotopic (exact) mass is 502 g/mol. The average Bonchev–Trinajstić information content (AvgIpc) is 3.26. The first-order valence-electron chi connectivity index (χ1n) is 10.4. The van der Waals surface area contributed by atoms with Crippen molar-refractivity contribution >= 4 is 55.4 Å². The van der Waals surface area contributed by atoms with E-state index in [1.807, 2.05) is 19.1 Å². The van der Waals surface area contributed by atoms with Crippen LogP contribution < -0.4 is 15.4 Å². The Bertz CT molecular complexity index is 1190. The third kappa shape index (κ3) is 7.08. The van der Waals surface area contributed by atoms with Gasteiger partial charge in [0.05, 0.1) is 10.8 Å². The van der Waals surface area contributed by atoms with Gasteiger partial charge in [-0.3, -0.25) is 9.52 Å². The first-order chi connectivity index (χ1) is 15.6. The third-order valence-corrected chi connectivity index (χ3v) is 7.21. The van der Waals surface area contributed by atoms with Gasteiger partial charge in [-0.05, 0) is 66.9 Å². The summed E-state index contributed by atoms with van der Waals surface area (Å²) in [5, 5.41) is 7.72. The van der Waals surface area contributed by atoms with E-state index in [0.717, 1.165) is 12.0 Å². The molecule has 0 bridgehead atoms. The van der Waals surface area contributed by atoms with Crippen molar-refractivity contribution in [2.75, 3.05) is 10.0 Å². The molecular formula is C23H26N4O3S3. The second-order valence-corrected chi connectivity index (χ2v) is 11.0. The lowest BCUT2D eigenvalue weighted by Crippen LogP contribution is -2.36. The number of carbonyl (C=O) groups is 1. The molecule has 1 amide bonds. The Balaban J connectivity index is 1.56. The summed E-state index contributed by atoms with van der Waals surface area (Å²) in [7, 11) is -3.73. The highest BCUT2D eigenvalue weighted by molar-refractivity contribution is 7.93. The molecule has 1 atom stereocenters. The zero-order valence-electron chi connectivity index (χ0n) is 18.5. The number of aromatic nitrogens is 1. The van der Waals surface area contributed by atoms with Gasteiger partial charge in [0, 0.05) is 17.3 Å². The molecule has 1 heterocycles. The molecule has 10 heteroatoms. The number of hydrogen-bond acceptors (Lipinski definition) is 6. The number of anilines is 2. The molecule has 1 aromatic heterocycles. The second kappa shape index (κ2) is 10.9. The molecule has 0 spiro atoms. The van der Waals surface area contributed by atoms with Crippen LogP contribution >= 0.6 is 23.6 Å². The van der Waals surface area contributed by atoms with E-state index in [4.69, 9.17) is 12.2 Å². The molecule has 0 aliphatic rings. The van der Waals surface area contributed by atoms with Gasteiger partial charge >= 0.3 is 0 Å². The SMILES string of the molecule is CC(C)Cc1ccc(C(C)C(=O)NC(=S)Nc2ccc(S(=O)(=O)Nc3nccs3)cc2)cc1. The van der Waals surface area contributed by atoms with E-state index in [2.05, 4.69) is 46.3 Å². The summed E-state index contributed by atoms with van der Waals surface area (Å²) < 4.78 is 27.2. The fourth-order valence-corrected chi connectivity index (χ4v) is 5.12. The van der Waals surface area contributed by atoms with Crippen molar-refractivity contribution in [3.05, 3.63) is 71.2 Å². The van der Waals surface area contributed by atoms with Crippen molar-refractivity contribution in [2.24, 2.45) is 5.92 Å². The van der Waals surface area contributed by atoms with Crippen molar-refractivity contribution in [1.82, 2.24) is 10.3 Å². The Morgan fingerprint density at radius 3 is 2.30 bits per heavy atom. The lowest BCUT2D eigenvalue weighted by Gasteiger charge is -2.15. The Labute approximate surface area is 203 Å². The van der Waals surface area contributed by atoms with E-state index in [1.54, 1.807) is 17.5 Å². The average molecular weight is 503 g/mol. The number of nitrogens with zero attached hydrogens (tertiary/aromatic N) is 1. The summed E-state index contributed by atoms with van der Waals surface area (Å²) in [6.45, 7) is 6.17. The largest absolute Gasteiger partial charge is 0.332 e. The number of nitrogens with one attached hydrogen (secondary N) is 3. The minimum Gasteiger partial charge on any atom is -0.332 e. The quantitative estimate of drug-likeness (QED) is 0.384. The standard InChI is InChI=1S/C23H26N4O3S3/c1-15(2)14-17-4-6-18(7-5-17)16(3)21(28)26-22(31)25-19-8-10-20(11-9-19)33(29,30)27-23-24-12-13-32-23/h4-13,15-16H,14H2,1-3H3,(H,24,27)(H2,25,26,28,31). The van der Waals surface area contributed by atoms with Crippen LogP contribution in [-0.2, 0) is 21.2 Å². The zero-order chi connectivity index (χ0) is 24.0. The minimum absolute atomic E-state index is 0.0905. The minimum atomic E-state index is -3.73. The number of thiazole rings is 1. The van der Waals surface area contributed by atoms with Gasteiger partial charge in [0.1, 0.15) is 0 Å². The summed E-state index contributed by atoms with van der Waals surface area (Å²) in [4.78, 5) is 16.6. The van der Waals surface area contributed by atoms with Crippen LogP contribution in [0.15, 0.2) is 65.0 Å². The van der Waals surface area contributed by atoms with E-state index in [-0.39, 0.29) is 21.8 Å². The molecule has 3 rings (SSSR count). The van der Waals surface area contributed by atoms with E-state index in [9.17, 15) is 13.2 Å². The van der Waals surface area contributed by atoms with Gasteiger partial charge in [-0.25, -0.2) is 13.4 Å². The maximum atomic E-state index is 12.6. The zero-order valence-corrected chi connectivity index (χ0v) is 21.0. The second-order valence-electron chi connectivity index (χ2n) is 7.97. The predicted molar refractivity (Wildman–Crippen MR) is 137 cm³/mol. The predicted octanol–water partition coefficient (Wildman–Crippen LogP) is 4.76. The maximum absolute atomic E-state index is 12.6. The molecule has 3 aromatic rings. The molecule has 0 saturated heterocycles. The van der Waals surface area contributed by atoms with Gasteiger partial charge in [0.2, 0.25) is 5.91 Å². The molecule has 33 heavy (non-hydrogen) atoms. The van der Waals surface area contributed by atoms with Gasteiger partial charge in [-0.1, -0.05) is 38.1 Å². The first-order valence-corrected chi connectivity index (χ1v) is 13.1. The smallest absolute Gasteiger partial charge is 0.263 e. The van der Waals surface area contributed by atoms with Gasteiger partial charge in [0.15, 0.2) is 10.2 Å². The fourth-order valence-electron chi connectivity index (χ4n) is 3.11. The van der Waals surface area contributed by atoms with Crippen molar-refractivity contribution in [2.45, 2.75) is 38.0 Å². The highest BCUT2D eigenvalue weighted by Crippen LogP contribution is 2.20. The summed E-state index contributed by atoms with van der Waals surface area (Å²) in [5.74, 6) is -0.0262. The van der Waals surface area contributed by atoms with Crippen molar-refractivity contribution in [3.8, 4) is 0 Å². The number of amides is 1. The molecule has 3 N–H and O–H groups in total. The molecule has 0 aliphatic heterocycles. The molecule has 174 valence electrons. The highest BCUT2D eigenvalue weighted by atomic mass is 32.2. The molecular weight excluding hydrogens is 476 g/mol. The molecule has 7 nitrogen and oxygen atoms in total. The van der Waals surface area contributed by atoms with Crippen LogP contribution in [0.2, 0.25) is 0 Å². The summed E-state index contributed by atoms with van der Waals surface area (Å²) in [6.07, 6.45) is 2.52. The van der Waals surface area contributed by atoms with Gasteiger partial charge in [0.25, 0.3) is 10.0 Å². The highest BCUT2D eigenvalue weighted by Gasteiger charge is 2.18. The number of rotatable bonds is 8. The molecule has 0 saturated carbocycles.